The van der Waals surface area contributed by atoms with Crippen LogP contribution >= 0.6 is 0 Å². The van der Waals surface area contributed by atoms with Gasteiger partial charge in [0.15, 0.2) is 0 Å². The number of aliphatic hydroxyl groups is 1. The molecule has 1 aromatic heterocycles. The van der Waals surface area contributed by atoms with E-state index in [9.17, 15) is 5.11 Å². The van der Waals surface area contributed by atoms with E-state index in [0.717, 1.165) is 5.56 Å². The maximum atomic E-state index is 15.4. The van der Waals surface area contributed by atoms with Gasteiger partial charge in [-0.1, -0.05) is 30.3 Å². The minimum atomic E-state index is -1.12. The van der Waals surface area contributed by atoms with Crippen molar-refractivity contribution in [2.45, 2.75) is 38.9 Å². The molecule has 2 aromatic carbocycles. The Bertz CT molecular complexity index is 1040. The van der Waals surface area contributed by atoms with E-state index >= 15 is 4.39 Å². The van der Waals surface area contributed by atoms with Crippen LogP contribution in [0.1, 0.15) is 29.1 Å². The van der Waals surface area contributed by atoms with Crippen LogP contribution in [0.5, 0.6) is 5.75 Å². The molecule has 0 bridgehead atoms. The lowest BCUT2D eigenvalue weighted by molar-refractivity contribution is -0.0893. The Balaban J connectivity index is 0.00000363. The summed E-state index contributed by atoms with van der Waals surface area (Å²) in [5, 5.41) is 10.3. The van der Waals surface area contributed by atoms with Gasteiger partial charge < -0.3 is 24.4 Å². The summed E-state index contributed by atoms with van der Waals surface area (Å²) < 4.78 is 27.1. The second-order valence-electron chi connectivity index (χ2n) is 8.91. The third kappa shape index (κ3) is 5.26. The zero-order valence-corrected chi connectivity index (χ0v) is 19.0. The van der Waals surface area contributed by atoms with Gasteiger partial charge in [0.1, 0.15) is 35.0 Å². The number of likely N-dealkylation sites (N-methyl/N-ethyl adjacent to an activating group) is 1. The van der Waals surface area contributed by atoms with Crippen LogP contribution in [0.25, 0.3) is 22.4 Å². The van der Waals surface area contributed by atoms with Gasteiger partial charge in [-0.2, -0.15) is 0 Å². The molecular weight excluding hydrogens is 396 g/mol. The molecule has 0 spiro atoms. The first-order valence-electron chi connectivity index (χ1n) is 10.3. The molecule has 0 atom stereocenters. The average Bonchev–Trinajstić information content (AvgIpc) is 3.14. The number of nitrogens with one attached hydrogen (secondary N) is 1. The molecule has 0 saturated heterocycles. The number of ether oxygens (including phenoxy) is 1. The summed E-state index contributed by atoms with van der Waals surface area (Å²) in [5.74, 6) is 0.533. The normalized spacial score (nSPS) is 12.5. The van der Waals surface area contributed by atoms with E-state index in [1.807, 2.05) is 49.3 Å². The number of rotatable bonds is 9. The standard InChI is InChI=1S/C23H30BFN3O3.H2/c1-22(2,29)23(3,4)31-24-16-14-17(30-13-12-28(5)6)19-20(18(16)25)27-21(26-19)15-10-8-7-9-11-15;/h7-11,14,29H,12-13H2,1-6H3,(H,26,27);1H. The van der Waals surface area contributed by atoms with E-state index in [1.54, 1.807) is 33.8 Å². The lowest BCUT2D eigenvalue weighted by atomic mass is 9.82. The molecule has 1 radical (unpaired) electrons. The Morgan fingerprint density at radius 2 is 1.87 bits per heavy atom. The number of benzene rings is 2. The van der Waals surface area contributed by atoms with E-state index in [1.165, 1.54) is 7.48 Å². The van der Waals surface area contributed by atoms with E-state index in [4.69, 9.17) is 9.39 Å². The second-order valence-corrected chi connectivity index (χ2v) is 8.91. The van der Waals surface area contributed by atoms with Crippen molar-refractivity contribution in [3.63, 3.8) is 0 Å². The fourth-order valence-electron chi connectivity index (χ4n) is 2.75. The molecule has 0 aliphatic carbocycles. The van der Waals surface area contributed by atoms with E-state index in [-0.39, 0.29) is 12.4 Å². The molecule has 167 valence electrons. The monoisotopic (exact) mass is 428 g/mol. The predicted molar refractivity (Wildman–Crippen MR) is 125 cm³/mol. The summed E-state index contributed by atoms with van der Waals surface area (Å²) >= 11 is 0. The van der Waals surface area contributed by atoms with Gasteiger partial charge in [0.25, 0.3) is 0 Å². The van der Waals surface area contributed by atoms with Crippen molar-refractivity contribution in [3.8, 4) is 17.1 Å². The number of imidazole rings is 1. The Labute approximate surface area is 185 Å². The predicted octanol–water partition coefficient (Wildman–Crippen LogP) is 3.37. The Morgan fingerprint density at radius 1 is 1.19 bits per heavy atom. The molecule has 1 heterocycles. The van der Waals surface area contributed by atoms with E-state index in [2.05, 4.69) is 9.97 Å². The second kappa shape index (κ2) is 8.98. The number of hydrogen-bond donors (Lipinski definition) is 2. The highest BCUT2D eigenvalue weighted by Crippen LogP contribution is 2.29. The van der Waals surface area contributed by atoms with Crippen molar-refractivity contribution in [1.29, 1.82) is 0 Å². The zero-order valence-electron chi connectivity index (χ0n) is 19.0. The zero-order chi connectivity index (χ0) is 22.8. The van der Waals surface area contributed by atoms with Crippen LogP contribution < -0.4 is 10.2 Å². The number of aromatic amines is 1. The summed E-state index contributed by atoms with van der Waals surface area (Å²) in [6.07, 6.45) is 0. The molecule has 3 rings (SSSR count). The molecule has 0 unspecified atom stereocenters. The smallest absolute Gasteiger partial charge is 0.334 e. The summed E-state index contributed by atoms with van der Waals surface area (Å²) in [7, 11) is 5.24. The number of fused-ring (bicyclic) bond motifs is 1. The van der Waals surface area contributed by atoms with Crippen LogP contribution in [-0.4, -0.2) is 65.9 Å². The van der Waals surface area contributed by atoms with Gasteiger partial charge in [-0.05, 0) is 53.3 Å². The fraction of sp³-hybridized carbons (Fsp3) is 0.435. The molecule has 8 heteroatoms. The number of H-pyrrole nitrogens is 1. The first-order chi connectivity index (χ1) is 14.5. The van der Waals surface area contributed by atoms with Crippen molar-refractivity contribution in [2.75, 3.05) is 27.2 Å². The molecule has 0 fully saturated rings. The highest BCUT2D eigenvalue weighted by atomic mass is 19.1. The average molecular weight is 428 g/mol. The van der Waals surface area contributed by atoms with Crippen molar-refractivity contribution >= 4 is 24.0 Å². The third-order valence-corrected chi connectivity index (χ3v) is 5.50. The largest absolute Gasteiger partial charge is 0.490 e. The highest BCUT2D eigenvalue weighted by molar-refractivity contribution is 6.47. The maximum absolute atomic E-state index is 15.4. The van der Waals surface area contributed by atoms with Crippen LogP contribution in [0.3, 0.4) is 0 Å². The minimum Gasteiger partial charge on any atom is -0.490 e. The van der Waals surface area contributed by atoms with Gasteiger partial charge >= 0.3 is 7.48 Å². The van der Waals surface area contributed by atoms with Crippen LogP contribution in [0.15, 0.2) is 36.4 Å². The molecular formula is C23H32BFN3O3. The fourth-order valence-corrected chi connectivity index (χ4v) is 2.75. The van der Waals surface area contributed by atoms with Crippen molar-refractivity contribution in [3.05, 3.63) is 42.2 Å². The van der Waals surface area contributed by atoms with Crippen molar-refractivity contribution in [1.82, 2.24) is 14.9 Å². The molecule has 31 heavy (non-hydrogen) atoms. The summed E-state index contributed by atoms with van der Waals surface area (Å²) in [6.45, 7) is 7.93. The van der Waals surface area contributed by atoms with Crippen LogP contribution in [0, 0.1) is 5.82 Å². The van der Waals surface area contributed by atoms with Gasteiger partial charge in [0.05, 0.1) is 11.2 Å². The Kier molecular flexibility index (Phi) is 6.74. The van der Waals surface area contributed by atoms with Crippen molar-refractivity contribution < 1.29 is 20.3 Å². The maximum Gasteiger partial charge on any atom is 0.334 e. The lowest BCUT2D eigenvalue weighted by Gasteiger charge is -2.37. The van der Waals surface area contributed by atoms with Crippen LogP contribution in [-0.2, 0) is 4.65 Å². The molecule has 3 aromatic rings. The number of halogens is 1. The first kappa shape index (κ1) is 23.3. The number of hydrogen-bond acceptors (Lipinski definition) is 5. The number of nitrogens with zero attached hydrogens (tertiary/aromatic N) is 2. The minimum absolute atomic E-state index is 0. The van der Waals surface area contributed by atoms with E-state index in [0.29, 0.717) is 30.2 Å². The van der Waals surface area contributed by atoms with Gasteiger partial charge in [-0.25, -0.2) is 9.37 Å². The molecule has 0 amide bonds. The molecule has 0 aliphatic rings. The topological polar surface area (TPSA) is 70.6 Å². The quantitative estimate of drug-likeness (QED) is 0.512. The molecule has 0 aliphatic heterocycles. The van der Waals surface area contributed by atoms with E-state index < -0.39 is 17.0 Å². The highest BCUT2D eigenvalue weighted by Gasteiger charge is 2.36. The summed E-state index contributed by atoms with van der Waals surface area (Å²) in [6, 6.07) is 11.1. The summed E-state index contributed by atoms with van der Waals surface area (Å²) in [4.78, 5) is 9.70. The van der Waals surface area contributed by atoms with Crippen LogP contribution in [0.4, 0.5) is 4.39 Å². The first-order valence-corrected chi connectivity index (χ1v) is 10.3. The van der Waals surface area contributed by atoms with Crippen LogP contribution in [0.2, 0.25) is 0 Å². The Morgan fingerprint density at radius 3 is 2.48 bits per heavy atom. The lowest BCUT2D eigenvalue weighted by Crippen LogP contribution is -2.49. The van der Waals surface area contributed by atoms with Gasteiger partial charge in [0, 0.05) is 13.5 Å². The molecule has 6 nitrogen and oxygen atoms in total. The summed E-state index contributed by atoms with van der Waals surface area (Å²) in [5.41, 5.74) is -0.326. The Hall–Kier alpha value is -2.42. The molecule has 0 saturated carbocycles. The van der Waals surface area contributed by atoms with Gasteiger partial charge in [0.2, 0.25) is 0 Å². The molecule has 2 N–H and O–H groups in total. The van der Waals surface area contributed by atoms with Gasteiger partial charge in [-0.15, -0.1) is 0 Å². The van der Waals surface area contributed by atoms with Crippen molar-refractivity contribution in [2.24, 2.45) is 0 Å². The SMILES string of the molecule is CN(C)CCOc1cc([B]OC(C)(C)C(C)(C)O)c(F)c2nc(-c3ccccc3)[nH]c12.[HH]. The number of aromatic nitrogens is 2. The van der Waals surface area contributed by atoms with Gasteiger partial charge in [-0.3, -0.25) is 0 Å². The third-order valence-electron chi connectivity index (χ3n) is 5.50.